The molecule has 7 nitrogen and oxygen atoms in total. The van der Waals surface area contributed by atoms with Gasteiger partial charge in [-0.2, -0.15) is 5.26 Å². The second-order valence-corrected chi connectivity index (χ2v) is 5.36. The van der Waals surface area contributed by atoms with Gasteiger partial charge in [-0.15, -0.1) is 0 Å². The van der Waals surface area contributed by atoms with E-state index in [9.17, 15) is 9.59 Å². The van der Waals surface area contributed by atoms with Crippen molar-refractivity contribution in [2.45, 2.75) is 0 Å². The van der Waals surface area contributed by atoms with Gasteiger partial charge in [0.1, 0.15) is 11.8 Å². The van der Waals surface area contributed by atoms with Crippen molar-refractivity contribution < 1.29 is 9.59 Å². The first-order valence-corrected chi connectivity index (χ1v) is 7.20. The number of nitrogens with zero attached hydrogens (tertiary/aromatic N) is 3. The van der Waals surface area contributed by atoms with E-state index in [2.05, 4.69) is 15.6 Å². The predicted octanol–water partition coefficient (Wildman–Crippen LogP) is 1.71. The van der Waals surface area contributed by atoms with Gasteiger partial charge in [0.2, 0.25) is 5.91 Å². The topological polar surface area (TPSA) is 98.1 Å². The molecule has 0 saturated heterocycles. The molecule has 1 heterocycles. The number of nitriles is 1. The molecule has 1 aromatic carbocycles. The van der Waals surface area contributed by atoms with Crippen molar-refractivity contribution in [3.8, 4) is 6.07 Å². The Labute approximate surface area is 139 Å². The normalized spacial score (nSPS) is 10.1. The molecule has 1 aromatic heterocycles. The van der Waals surface area contributed by atoms with Crippen LogP contribution in [0.4, 0.5) is 11.4 Å². The zero-order valence-electron chi connectivity index (χ0n) is 13.4. The highest BCUT2D eigenvalue weighted by atomic mass is 16.2. The number of carbonyl (C=O) groups is 2. The van der Waals surface area contributed by atoms with E-state index >= 15 is 0 Å². The van der Waals surface area contributed by atoms with E-state index in [1.807, 2.05) is 20.2 Å². The smallest absolute Gasteiger partial charge is 0.257 e. The third kappa shape index (κ3) is 4.90. The van der Waals surface area contributed by atoms with Gasteiger partial charge in [-0.3, -0.25) is 9.59 Å². The van der Waals surface area contributed by atoms with Crippen molar-refractivity contribution in [3.05, 3.63) is 53.9 Å². The molecule has 24 heavy (non-hydrogen) atoms. The monoisotopic (exact) mass is 323 g/mol. The first-order valence-electron chi connectivity index (χ1n) is 7.20. The molecule has 0 aliphatic carbocycles. The van der Waals surface area contributed by atoms with E-state index in [1.165, 1.54) is 18.3 Å². The summed E-state index contributed by atoms with van der Waals surface area (Å²) in [7, 11) is 3.61. The number of benzene rings is 1. The first-order chi connectivity index (χ1) is 11.5. The number of rotatable bonds is 5. The van der Waals surface area contributed by atoms with Gasteiger partial charge >= 0.3 is 0 Å². The summed E-state index contributed by atoms with van der Waals surface area (Å²) in [6, 6.07) is 11.8. The number of hydrogen-bond acceptors (Lipinski definition) is 5. The van der Waals surface area contributed by atoms with Gasteiger partial charge in [-0.1, -0.05) is 6.07 Å². The Kier molecular flexibility index (Phi) is 5.60. The molecular formula is C17H17N5O2. The maximum atomic E-state index is 12.2. The molecular weight excluding hydrogens is 306 g/mol. The van der Waals surface area contributed by atoms with Crippen LogP contribution in [0.25, 0.3) is 0 Å². The fraction of sp³-hybridized carbons (Fsp3) is 0.176. The highest BCUT2D eigenvalue weighted by Crippen LogP contribution is 2.16. The number of nitrogens with one attached hydrogen (secondary N) is 2. The summed E-state index contributed by atoms with van der Waals surface area (Å²) in [6.07, 6.45) is 1.34. The Morgan fingerprint density at radius 1 is 1.17 bits per heavy atom. The predicted molar refractivity (Wildman–Crippen MR) is 90.5 cm³/mol. The zero-order valence-corrected chi connectivity index (χ0v) is 13.4. The van der Waals surface area contributed by atoms with Gasteiger partial charge < -0.3 is 15.5 Å². The molecule has 2 rings (SSSR count). The van der Waals surface area contributed by atoms with E-state index in [-0.39, 0.29) is 24.1 Å². The van der Waals surface area contributed by atoms with Crippen LogP contribution in [0.1, 0.15) is 16.1 Å². The molecule has 0 spiro atoms. The average Bonchev–Trinajstić information content (AvgIpc) is 2.54. The van der Waals surface area contributed by atoms with Gasteiger partial charge in [0, 0.05) is 17.6 Å². The highest BCUT2D eigenvalue weighted by Gasteiger charge is 2.08. The number of likely N-dealkylation sites (N-methyl/N-ethyl adjacent to an activating group) is 1. The minimum absolute atomic E-state index is 0.139. The fourth-order valence-electron chi connectivity index (χ4n) is 1.96. The van der Waals surface area contributed by atoms with Crippen LogP contribution < -0.4 is 10.6 Å². The van der Waals surface area contributed by atoms with E-state index in [0.29, 0.717) is 16.9 Å². The summed E-state index contributed by atoms with van der Waals surface area (Å²) in [6.45, 7) is 0.271. The van der Waals surface area contributed by atoms with E-state index in [4.69, 9.17) is 5.26 Å². The van der Waals surface area contributed by atoms with Crippen molar-refractivity contribution in [2.75, 3.05) is 31.3 Å². The van der Waals surface area contributed by atoms with Crippen molar-refractivity contribution >= 4 is 23.2 Å². The van der Waals surface area contributed by atoms with Crippen molar-refractivity contribution in [1.29, 1.82) is 5.26 Å². The Morgan fingerprint density at radius 2 is 1.88 bits per heavy atom. The lowest BCUT2D eigenvalue weighted by Gasteiger charge is -2.11. The summed E-state index contributed by atoms with van der Waals surface area (Å²) < 4.78 is 0. The fourth-order valence-corrected chi connectivity index (χ4v) is 1.96. The Balaban J connectivity index is 2.04. The molecule has 0 aliphatic rings. The molecule has 7 heteroatoms. The third-order valence-corrected chi connectivity index (χ3v) is 3.00. The second kappa shape index (κ2) is 7.85. The summed E-state index contributed by atoms with van der Waals surface area (Å²) >= 11 is 0. The molecule has 0 saturated carbocycles. The molecule has 0 aliphatic heterocycles. The molecule has 122 valence electrons. The van der Waals surface area contributed by atoms with Crippen LogP contribution in [-0.2, 0) is 4.79 Å². The Bertz CT molecular complexity index is 778. The van der Waals surface area contributed by atoms with Crippen molar-refractivity contribution in [3.63, 3.8) is 0 Å². The first kappa shape index (κ1) is 17.1. The van der Waals surface area contributed by atoms with Crippen LogP contribution in [-0.4, -0.2) is 42.3 Å². The summed E-state index contributed by atoms with van der Waals surface area (Å²) in [5.41, 5.74) is 1.73. The zero-order chi connectivity index (χ0) is 17.5. The van der Waals surface area contributed by atoms with Crippen molar-refractivity contribution in [2.24, 2.45) is 0 Å². The summed E-state index contributed by atoms with van der Waals surface area (Å²) in [5.74, 6) is -0.483. The van der Waals surface area contributed by atoms with Gasteiger partial charge in [-0.25, -0.2) is 4.98 Å². The lowest BCUT2D eigenvalue weighted by Crippen LogP contribution is -2.27. The maximum Gasteiger partial charge on any atom is 0.257 e. The van der Waals surface area contributed by atoms with Crippen LogP contribution in [0.3, 0.4) is 0 Å². The van der Waals surface area contributed by atoms with E-state index < -0.39 is 0 Å². The van der Waals surface area contributed by atoms with Crippen molar-refractivity contribution in [1.82, 2.24) is 9.88 Å². The molecule has 0 fully saturated rings. The molecule has 0 bridgehead atoms. The molecule has 2 amide bonds. The number of carbonyl (C=O) groups excluding carboxylic acids is 2. The highest BCUT2D eigenvalue weighted by molar-refractivity contribution is 6.04. The number of amides is 2. The Morgan fingerprint density at radius 3 is 2.46 bits per heavy atom. The SMILES string of the molecule is CN(C)CC(=O)Nc1cccc(NC(=O)c2ccc(C#N)nc2)c1. The van der Waals surface area contributed by atoms with Gasteiger partial charge in [0.25, 0.3) is 5.91 Å². The second-order valence-electron chi connectivity index (χ2n) is 5.36. The van der Waals surface area contributed by atoms with Crippen LogP contribution in [0.5, 0.6) is 0 Å². The lowest BCUT2D eigenvalue weighted by molar-refractivity contribution is -0.116. The largest absolute Gasteiger partial charge is 0.325 e. The standard InChI is InChI=1S/C17H17N5O2/c1-22(2)11-16(23)20-13-4-3-5-14(8-13)21-17(24)12-6-7-15(9-18)19-10-12/h3-8,10H,11H2,1-2H3,(H,20,23)(H,21,24). The molecule has 0 radical (unpaired) electrons. The minimum Gasteiger partial charge on any atom is -0.325 e. The average molecular weight is 323 g/mol. The number of pyridine rings is 1. The van der Waals surface area contributed by atoms with Gasteiger partial charge in [0.05, 0.1) is 12.1 Å². The van der Waals surface area contributed by atoms with Crippen LogP contribution in [0.15, 0.2) is 42.6 Å². The van der Waals surface area contributed by atoms with Gasteiger partial charge in [-0.05, 0) is 44.4 Å². The molecule has 2 aromatic rings. The van der Waals surface area contributed by atoms with E-state index in [0.717, 1.165) is 0 Å². The molecule has 0 unspecified atom stereocenters. The number of anilines is 2. The minimum atomic E-state index is -0.344. The molecule has 2 N–H and O–H groups in total. The van der Waals surface area contributed by atoms with Crippen LogP contribution in [0, 0.1) is 11.3 Å². The number of hydrogen-bond donors (Lipinski definition) is 2. The Hall–Kier alpha value is -3.24. The van der Waals surface area contributed by atoms with Crippen LogP contribution >= 0.6 is 0 Å². The lowest BCUT2D eigenvalue weighted by atomic mass is 10.2. The molecule has 0 atom stereocenters. The van der Waals surface area contributed by atoms with Crippen LogP contribution in [0.2, 0.25) is 0 Å². The quantitative estimate of drug-likeness (QED) is 0.873. The summed E-state index contributed by atoms with van der Waals surface area (Å²) in [5, 5.41) is 14.2. The van der Waals surface area contributed by atoms with E-state index in [1.54, 1.807) is 29.2 Å². The summed E-state index contributed by atoms with van der Waals surface area (Å²) in [4.78, 5) is 29.6. The third-order valence-electron chi connectivity index (χ3n) is 3.00. The van der Waals surface area contributed by atoms with Gasteiger partial charge in [0.15, 0.2) is 0 Å². The maximum absolute atomic E-state index is 12.2. The number of aromatic nitrogens is 1.